The van der Waals surface area contributed by atoms with Gasteiger partial charge in [0.15, 0.2) is 0 Å². The lowest BCUT2D eigenvalue weighted by molar-refractivity contribution is -0.135. The number of morpholine rings is 1. The van der Waals surface area contributed by atoms with Crippen LogP contribution in [0.2, 0.25) is 0 Å². The van der Waals surface area contributed by atoms with Crippen molar-refractivity contribution in [3.8, 4) is 0 Å². The molecule has 0 spiro atoms. The van der Waals surface area contributed by atoms with Gasteiger partial charge in [0.05, 0.1) is 18.8 Å². The molecule has 2 unspecified atom stereocenters. The van der Waals surface area contributed by atoms with Crippen molar-refractivity contribution in [3.05, 3.63) is 0 Å². The molecular weight excluding hydrogens is 274 g/mol. The van der Waals surface area contributed by atoms with Crippen LogP contribution >= 0.6 is 0 Å². The average molecular weight is 299 g/mol. The van der Waals surface area contributed by atoms with Crippen LogP contribution in [0.3, 0.4) is 0 Å². The Morgan fingerprint density at radius 1 is 1.05 bits per heavy atom. The molecule has 2 aliphatic heterocycles. The Bertz CT molecular complexity index is 380. The van der Waals surface area contributed by atoms with Gasteiger partial charge in [0.1, 0.15) is 0 Å². The van der Waals surface area contributed by atoms with Gasteiger partial charge in [-0.25, -0.2) is 4.79 Å². The third kappa shape index (κ3) is 4.57. The van der Waals surface area contributed by atoms with Gasteiger partial charge >= 0.3 is 6.09 Å². The zero-order chi connectivity index (χ0) is 15.4. The zero-order valence-electron chi connectivity index (χ0n) is 12.8. The van der Waals surface area contributed by atoms with E-state index in [0.717, 1.165) is 13.1 Å². The highest BCUT2D eigenvalue weighted by Crippen LogP contribution is 2.11. The summed E-state index contributed by atoms with van der Waals surface area (Å²) < 4.78 is 5.67. The molecule has 7 heteroatoms. The van der Waals surface area contributed by atoms with Gasteiger partial charge in [0.25, 0.3) is 0 Å². The van der Waals surface area contributed by atoms with Crippen LogP contribution in [0.4, 0.5) is 4.79 Å². The van der Waals surface area contributed by atoms with Gasteiger partial charge in [-0.15, -0.1) is 0 Å². The smallest absolute Gasteiger partial charge is 0.407 e. The van der Waals surface area contributed by atoms with E-state index in [1.807, 2.05) is 13.8 Å². The summed E-state index contributed by atoms with van der Waals surface area (Å²) in [7, 11) is 0. The fraction of sp³-hybridized carbons (Fsp3) is 0.857. The predicted molar refractivity (Wildman–Crippen MR) is 77.2 cm³/mol. The number of nitrogens with zero attached hydrogens (tertiary/aromatic N) is 3. The Balaban J connectivity index is 1.84. The number of carboxylic acid groups (broad SMARTS) is 1. The van der Waals surface area contributed by atoms with E-state index in [4.69, 9.17) is 9.84 Å². The molecular formula is C14H25N3O4. The lowest BCUT2D eigenvalue weighted by Crippen LogP contribution is -2.50. The summed E-state index contributed by atoms with van der Waals surface area (Å²) in [6.45, 7) is 8.00. The monoisotopic (exact) mass is 299 g/mol. The summed E-state index contributed by atoms with van der Waals surface area (Å²) in [6, 6.07) is 0. The molecule has 120 valence electrons. The second-order valence-corrected chi connectivity index (χ2v) is 5.96. The van der Waals surface area contributed by atoms with E-state index >= 15 is 0 Å². The SMILES string of the molecule is CC1CN(CC(=O)N2CCCN(C(=O)O)CC2)CC(C)O1. The molecule has 0 aromatic carbocycles. The standard InChI is InChI=1S/C14H25N3O4/c1-11-8-15(9-12(2)21-11)10-13(18)16-4-3-5-17(7-6-16)14(19)20/h11-12H,3-10H2,1-2H3,(H,19,20). The van der Waals surface area contributed by atoms with Crippen molar-refractivity contribution in [2.45, 2.75) is 32.5 Å². The van der Waals surface area contributed by atoms with Gasteiger partial charge < -0.3 is 19.6 Å². The maximum absolute atomic E-state index is 12.4. The van der Waals surface area contributed by atoms with Crippen LogP contribution in [0.15, 0.2) is 0 Å². The fourth-order valence-electron chi connectivity index (χ4n) is 3.06. The van der Waals surface area contributed by atoms with Gasteiger partial charge in [-0.2, -0.15) is 0 Å². The Morgan fingerprint density at radius 2 is 1.62 bits per heavy atom. The molecule has 2 fully saturated rings. The molecule has 21 heavy (non-hydrogen) atoms. The fourth-order valence-corrected chi connectivity index (χ4v) is 3.06. The summed E-state index contributed by atoms with van der Waals surface area (Å²) in [5.74, 6) is 0.0866. The molecule has 0 saturated carbocycles. The summed E-state index contributed by atoms with van der Waals surface area (Å²) in [5.41, 5.74) is 0. The van der Waals surface area contributed by atoms with Crippen LogP contribution in [0.1, 0.15) is 20.3 Å². The summed E-state index contributed by atoms with van der Waals surface area (Å²) in [4.78, 5) is 28.7. The van der Waals surface area contributed by atoms with E-state index in [0.29, 0.717) is 39.1 Å². The highest BCUT2D eigenvalue weighted by atomic mass is 16.5. The highest BCUT2D eigenvalue weighted by Gasteiger charge is 2.27. The van der Waals surface area contributed by atoms with Crippen LogP contribution in [0.5, 0.6) is 0 Å². The third-order valence-corrected chi connectivity index (χ3v) is 3.97. The van der Waals surface area contributed by atoms with E-state index in [2.05, 4.69) is 4.90 Å². The minimum atomic E-state index is -0.903. The van der Waals surface area contributed by atoms with Crippen LogP contribution in [-0.2, 0) is 9.53 Å². The number of hydrogen-bond donors (Lipinski definition) is 1. The Kier molecular flexibility index (Phi) is 5.41. The summed E-state index contributed by atoms with van der Waals surface area (Å²) >= 11 is 0. The van der Waals surface area contributed by atoms with E-state index in [9.17, 15) is 9.59 Å². The van der Waals surface area contributed by atoms with E-state index < -0.39 is 6.09 Å². The number of rotatable bonds is 2. The number of amides is 2. The molecule has 2 aliphatic rings. The summed E-state index contributed by atoms with van der Waals surface area (Å²) in [6.07, 6.45) is 0.0926. The Labute approximate surface area is 125 Å². The first kappa shape index (κ1) is 16.0. The van der Waals surface area contributed by atoms with Crippen molar-refractivity contribution < 1.29 is 19.4 Å². The molecule has 0 radical (unpaired) electrons. The summed E-state index contributed by atoms with van der Waals surface area (Å²) in [5, 5.41) is 9.01. The van der Waals surface area contributed by atoms with Crippen molar-refractivity contribution in [2.24, 2.45) is 0 Å². The molecule has 1 N–H and O–H groups in total. The van der Waals surface area contributed by atoms with Crippen LogP contribution in [0, 0.1) is 0 Å². The molecule has 2 saturated heterocycles. The molecule has 2 rings (SSSR count). The number of carbonyl (C=O) groups excluding carboxylic acids is 1. The van der Waals surface area contributed by atoms with Crippen molar-refractivity contribution in [2.75, 3.05) is 45.8 Å². The van der Waals surface area contributed by atoms with Gasteiger partial charge in [-0.3, -0.25) is 9.69 Å². The number of hydrogen-bond acceptors (Lipinski definition) is 4. The quantitative estimate of drug-likeness (QED) is 0.794. The van der Waals surface area contributed by atoms with Gasteiger partial charge in [-0.05, 0) is 20.3 Å². The second kappa shape index (κ2) is 7.09. The van der Waals surface area contributed by atoms with Crippen molar-refractivity contribution >= 4 is 12.0 Å². The molecule has 7 nitrogen and oxygen atoms in total. The van der Waals surface area contributed by atoms with Crippen molar-refractivity contribution in [3.63, 3.8) is 0 Å². The van der Waals surface area contributed by atoms with Gasteiger partial charge in [0, 0.05) is 39.3 Å². The molecule has 0 aromatic rings. The van der Waals surface area contributed by atoms with Crippen molar-refractivity contribution in [1.82, 2.24) is 14.7 Å². The van der Waals surface area contributed by atoms with Crippen molar-refractivity contribution in [1.29, 1.82) is 0 Å². The minimum absolute atomic E-state index is 0.0866. The van der Waals surface area contributed by atoms with Crippen LogP contribution in [-0.4, -0.2) is 89.8 Å². The first-order valence-electron chi connectivity index (χ1n) is 7.59. The van der Waals surface area contributed by atoms with E-state index in [-0.39, 0.29) is 18.1 Å². The van der Waals surface area contributed by atoms with Crippen LogP contribution < -0.4 is 0 Å². The van der Waals surface area contributed by atoms with E-state index in [1.54, 1.807) is 4.90 Å². The number of ether oxygens (including phenoxy) is 1. The maximum atomic E-state index is 12.4. The minimum Gasteiger partial charge on any atom is -0.465 e. The first-order valence-corrected chi connectivity index (χ1v) is 7.59. The first-order chi connectivity index (χ1) is 9.95. The average Bonchev–Trinajstić information content (AvgIpc) is 2.62. The van der Waals surface area contributed by atoms with Crippen LogP contribution in [0.25, 0.3) is 0 Å². The molecule has 0 bridgehead atoms. The normalized spacial score (nSPS) is 28.3. The predicted octanol–water partition coefficient (Wildman–Crippen LogP) is 0.308. The van der Waals surface area contributed by atoms with Gasteiger partial charge in [-0.1, -0.05) is 0 Å². The Hall–Kier alpha value is -1.34. The van der Waals surface area contributed by atoms with Gasteiger partial charge in [0.2, 0.25) is 5.91 Å². The molecule has 2 heterocycles. The maximum Gasteiger partial charge on any atom is 0.407 e. The molecule has 2 amide bonds. The molecule has 0 aliphatic carbocycles. The number of carbonyl (C=O) groups is 2. The topological polar surface area (TPSA) is 73.3 Å². The highest BCUT2D eigenvalue weighted by molar-refractivity contribution is 5.78. The second-order valence-electron chi connectivity index (χ2n) is 5.96. The van der Waals surface area contributed by atoms with E-state index in [1.165, 1.54) is 4.90 Å². The largest absolute Gasteiger partial charge is 0.465 e. The molecule has 0 aromatic heterocycles. The Morgan fingerprint density at radius 3 is 2.24 bits per heavy atom. The molecule has 2 atom stereocenters. The third-order valence-electron chi connectivity index (χ3n) is 3.97. The lowest BCUT2D eigenvalue weighted by atomic mass is 10.2. The lowest BCUT2D eigenvalue weighted by Gasteiger charge is -2.35. The zero-order valence-corrected chi connectivity index (χ0v) is 12.8.